The summed E-state index contributed by atoms with van der Waals surface area (Å²) in [5, 5.41) is 0.797. The predicted octanol–water partition coefficient (Wildman–Crippen LogP) is 1.65. The van der Waals surface area contributed by atoms with Crippen LogP contribution in [0.15, 0.2) is 24.3 Å². The van der Waals surface area contributed by atoms with Crippen molar-refractivity contribution < 1.29 is 0 Å². The van der Waals surface area contributed by atoms with E-state index in [2.05, 4.69) is 22.0 Å². The number of hydrogen-bond donors (Lipinski definition) is 0. The van der Waals surface area contributed by atoms with Gasteiger partial charge in [-0.3, -0.25) is 0 Å². The normalized spacial score (nSPS) is 8.55. The van der Waals surface area contributed by atoms with Crippen LogP contribution in [0, 0.1) is 9.89 Å². The van der Waals surface area contributed by atoms with Crippen molar-refractivity contribution in [3.63, 3.8) is 0 Å². The molecule has 0 nitrogen and oxygen atoms in total. The van der Waals surface area contributed by atoms with Crippen molar-refractivity contribution in [2.75, 3.05) is 0 Å². The Kier molecular flexibility index (Phi) is 3.81. The average Bonchev–Trinajstić information content (AvgIpc) is 2.04. The van der Waals surface area contributed by atoms with E-state index in [1.807, 2.05) is 19.1 Å². The predicted molar refractivity (Wildman–Crippen MR) is 50.3 cm³/mol. The molecule has 11 heavy (non-hydrogen) atoms. The average molecular weight is 278 g/mol. The van der Waals surface area contributed by atoms with Crippen LogP contribution in [0.3, 0.4) is 0 Å². The summed E-state index contributed by atoms with van der Waals surface area (Å²) in [6.45, 7) is 1.88. The zero-order valence-electron chi connectivity index (χ0n) is 6.10. The van der Waals surface area contributed by atoms with E-state index in [1.54, 1.807) is 0 Å². The Hall–Kier alpha value is -0.140. The van der Waals surface area contributed by atoms with Crippen LogP contribution >= 0.6 is 11.6 Å². The van der Waals surface area contributed by atoms with Crippen LogP contribution in [0.4, 0.5) is 0 Å². The van der Waals surface area contributed by atoms with E-state index in [1.165, 1.54) is 3.61 Å². The van der Waals surface area contributed by atoms with Gasteiger partial charge in [0.1, 0.15) is 0 Å². The first kappa shape index (κ1) is 8.95. The molecule has 0 aromatic heterocycles. The third-order valence-corrected chi connectivity index (χ3v) is 3.66. The van der Waals surface area contributed by atoms with Gasteiger partial charge in [0.25, 0.3) is 0 Å². The molecule has 0 amide bonds. The van der Waals surface area contributed by atoms with Crippen molar-refractivity contribution in [1.82, 2.24) is 0 Å². The first-order valence-corrected chi connectivity index (χ1v) is 5.88. The summed E-state index contributed by atoms with van der Waals surface area (Å²) >= 11 is 5.45. The Morgan fingerprint density at radius 3 is 2.45 bits per heavy atom. The van der Waals surface area contributed by atoms with Crippen molar-refractivity contribution in [2.45, 2.75) is 6.92 Å². The molecule has 0 bridgehead atoms. The Morgan fingerprint density at radius 2 is 1.91 bits per heavy atom. The van der Waals surface area contributed by atoms with E-state index >= 15 is 0 Å². The second-order valence-electron chi connectivity index (χ2n) is 1.91. The van der Waals surface area contributed by atoms with E-state index in [0.29, 0.717) is 0 Å². The molecule has 0 atom stereocenters. The summed E-state index contributed by atoms with van der Waals surface area (Å²) in [4.78, 5) is 0. The summed E-state index contributed by atoms with van der Waals surface area (Å²) in [6.07, 6.45) is 0. The third-order valence-electron chi connectivity index (χ3n) is 1.08. The zero-order chi connectivity index (χ0) is 8.10. The maximum absolute atomic E-state index is 5.72. The van der Waals surface area contributed by atoms with Gasteiger partial charge < -0.3 is 0 Å². The van der Waals surface area contributed by atoms with Crippen molar-refractivity contribution in [2.24, 2.45) is 0 Å². The van der Waals surface area contributed by atoms with Crippen LogP contribution in [-0.4, -0.2) is 20.9 Å². The monoisotopic (exact) mass is 280 g/mol. The molecule has 0 radical (unpaired) electrons. The van der Waals surface area contributed by atoms with E-state index in [0.717, 1.165) is 5.02 Å². The van der Waals surface area contributed by atoms with Gasteiger partial charge >= 0.3 is 82.2 Å². The molecule has 0 saturated carbocycles. The van der Waals surface area contributed by atoms with Crippen LogP contribution in [0.1, 0.15) is 6.92 Å². The number of rotatable bonds is 1. The van der Waals surface area contributed by atoms with Crippen molar-refractivity contribution in [3.8, 4) is 9.89 Å². The second kappa shape index (κ2) is 4.68. The molecule has 1 rings (SSSR count). The second-order valence-corrected chi connectivity index (χ2v) is 4.86. The fourth-order valence-electron chi connectivity index (χ4n) is 0.613. The maximum atomic E-state index is 5.72. The molecule has 1 aromatic rings. The molecular formula is C9H7ClTe. The van der Waals surface area contributed by atoms with Crippen molar-refractivity contribution in [3.05, 3.63) is 29.3 Å². The van der Waals surface area contributed by atoms with Gasteiger partial charge in [0.15, 0.2) is 0 Å². The number of hydrogen-bond acceptors (Lipinski definition) is 0. The van der Waals surface area contributed by atoms with E-state index in [9.17, 15) is 0 Å². The van der Waals surface area contributed by atoms with E-state index in [4.69, 9.17) is 11.6 Å². The molecule has 0 unspecified atom stereocenters. The van der Waals surface area contributed by atoms with Crippen molar-refractivity contribution >= 4 is 36.1 Å². The molecule has 0 fully saturated rings. The number of halogens is 1. The Balaban J connectivity index is 2.71. The Bertz CT molecular complexity index is 279. The molecule has 0 aliphatic rings. The van der Waals surface area contributed by atoms with Gasteiger partial charge in [0.05, 0.1) is 0 Å². The van der Waals surface area contributed by atoms with Gasteiger partial charge in [-0.1, -0.05) is 0 Å². The molecule has 0 heterocycles. The van der Waals surface area contributed by atoms with Crippen LogP contribution in [-0.2, 0) is 0 Å². The fraction of sp³-hybridized carbons (Fsp3) is 0.111. The minimum atomic E-state index is -0.273. The van der Waals surface area contributed by atoms with Crippen LogP contribution < -0.4 is 3.61 Å². The Morgan fingerprint density at radius 1 is 1.27 bits per heavy atom. The zero-order valence-corrected chi connectivity index (χ0v) is 9.18. The molecule has 0 N–H and O–H groups in total. The van der Waals surface area contributed by atoms with Crippen LogP contribution in [0.25, 0.3) is 0 Å². The third kappa shape index (κ3) is 3.17. The first-order valence-electron chi connectivity index (χ1n) is 3.17. The van der Waals surface area contributed by atoms with Crippen LogP contribution in [0.5, 0.6) is 0 Å². The first-order chi connectivity index (χ1) is 5.33. The van der Waals surface area contributed by atoms with Gasteiger partial charge in [-0.15, -0.1) is 0 Å². The minimum absolute atomic E-state index is 0.273. The summed E-state index contributed by atoms with van der Waals surface area (Å²) in [5.41, 5.74) is 0. The summed E-state index contributed by atoms with van der Waals surface area (Å²) in [6, 6.07) is 7.93. The van der Waals surface area contributed by atoms with Gasteiger partial charge in [0.2, 0.25) is 0 Å². The van der Waals surface area contributed by atoms with Crippen LogP contribution in [0.2, 0.25) is 5.02 Å². The van der Waals surface area contributed by atoms with Crippen molar-refractivity contribution in [1.29, 1.82) is 0 Å². The number of benzene rings is 1. The Labute approximate surface area is 82.0 Å². The quantitative estimate of drug-likeness (QED) is 0.541. The molecule has 0 aliphatic heterocycles. The SMILES string of the molecule is CC#C[Te]c1ccc(Cl)cc1. The topological polar surface area (TPSA) is 0 Å². The van der Waals surface area contributed by atoms with E-state index < -0.39 is 0 Å². The summed E-state index contributed by atoms with van der Waals surface area (Å²) in [7, 11) is 0. The van der Waals surface area contributed by atoms with Gasteiger partial charge in [-0.05, 0) is 0 Å². The molecule has 0 saturated heterocycles. The summed E-state index contributed by atoms with van der Waals surface area (Å²) < 4.78 is 4.46. The molecule has 56 valence electrons. The fourth-order valence-corrected chi connectivity index (χ4v) is 2.14. The van der Waals surface area contributed by atoms with Gasteiger partial charge in [-0.2, -0.15) is 0 Å². The van der Waals surface area contributed by atoms with Gasteiger partial charge in [-0.25, -0.2) is 0 Å². The molecule has 0 aliphatic carbocycles. The van der Waals surface area contributed by atoms with E-state index in [-0.39, 0.29) is 20.9 Å². The standard InChI is InChI=1S/C9H7ClTe/c1-2-7-11-9-5-3-8(10)4-6-9/h3-6H,1H3. The molecule has 2 heteroatoms. The molecular weight excluding hydrogens is 271 g/mol. The summed E-state index contributed by atoms with van der Waals surface area (Å²) in [5.74, 6) is 2.91. The van der Waals surface area contributed by atoms with Gasteiger partial charge in [0, 0.05) is 0 Å². The molecule has 0 spiro atoms. The molecule has 1 aromatic carbocycles.